The Morgan fingerprint density at radius 1 is 1.09 bits per heavy atom. The van der Waals surface area contributed by atoms with Crippen LogP contribution >= 0.6 is 0 Å². The van der Waals surface area contributed by atoms with E-state index in [9.17, 15) is 0 Å². The Labute approximate surface area is 133 Å². The van der Waals surface area contributed by atoms with Gasteiger partial charge in [-0.2, -0.15) is 5.10 Å². The van der Waals surface area contributed by atoms with Crippen molar-refractivity contribution < 1.29 is 9.15 Å². The third-order valence-electron chi connectivity index (χ3n) is 3.71. The molecule has 4 aromatic rings. The highest BCUT2D eigenvalue weighted by Crippen LogP contribution is 2.30. The number of furan rings is 1. The van der Waals surface area contributed by atoms with Crippen molar-refractivity contribution in [1.82, 2.24) is 14.6 Å². The molecular weight excluding hydrogens is 290 g/mol. The van der Waals surface area contributed by atoms with Crippen LogP contribution in [0.25, 0.3) is 28.2 Å². The fraction of sp³-hybridized carbons (Fsp3) is 0.111. The van der Waals surface area contributed by atoms with Gasteiger partial charge < -0.3 is 9.15 Å². The van der Waals surface area contributed by atoms with Crippen molar-refractivity contribution in [1.29, 1.82) is 0 Å². The van der Waals surface area contributed by atoms with E-state index in [0.29, 0.717) is 6.61 Å². The van der Waals surface area contributed by atoms with Gasteiger partial charge in [-0.25, -0.2) is 9.50 Å². The summed E-state index contributed by atoms with van der Waals surface area (Å²) in [5.41, 5.74) is 4.56. The molecule has 0 saturated heterocycles. The first-order valence-electron chi connectivity index (χ1n) is 7.33. The molecule has 0 fully saturated rings. The highest BCUT2D eigenvalue weighted by Gasteiger charge is 2.18. The van der Waals surface area contributed by atoms with Gasteiger partial charge in [0, 0.05) is 13.3 Å². The minimum atomic E-state index is 0.422. The highest BCUT2D eigenvalue weighted by molar-refractivity contribution is 5.81. The van der Waals surface area contributed by atoms with Gasteiger partial charge >= 0.3 is 0 Å². The molecule has 114 valence electrons. The van der Waals surface area contributed by atoms with E-state index in [4.69, 9.17) is 14.3 Å². The van der Waals surface area contributed by atoms with E-state index in [1.807, 2.05) is 40.9 Å². The van der Waals surface area contributed by atoms with Gasteiger partial charge in [-0.05, 0) is 23.8 Å². The Hall–Kier alpha value is -2.92. The molecule has 0 bridgehead atoms. The number of rotatable bonds is 4. The van der Waals surface area contributed by atoms with Crippen LogP contribution in [0.3, 0.4) is 0 Å². The maximum Gasteiger partial charge on any atom is 0.164 e. The Morgan fingerprint density at radius 2 is 1.96 bits per heavy atom. The van der Waals surface area contributed by atoms with Gasteiger partial charge in [-0.15, -0.1) is 0 Å². The number of aromatic nitrogens is 3. The van der Waals surface area contributed by atoms with Crippen LogP contribution in [-0.2, 0) is 11.3 Å². The van der Waals surface area contributed by atoms with Gasteiger partial charge in [0.05, 0.1) is 24.1 Å². The van der Waals surface area contributed by atoms with Gasteiger partial charge in [-0.1, -0.05) is 30.3 Å². The van der Waals surface area contributed by atoms with Crippen molar-refractivity contribution in [2.75, 3.05) is 7.11 Å². The molecule has 0 radical (unpaired) electrons. The lowest BCUT2D eigenvalue weighted by atomic mass is 10.1. The molecule has 5 heteroatoms. The molecule has 5 nitrogen and oxygen atoms in total. The van der Waals surface area contributed by atoms with E-state index in [2.05, 4.69) is 17.1 Å². The standard InChI is InChI=1S/C18H15N3O2/c1-22-12-14-17(13-6-3-2-4-7-13)18-19-10-9-15(21(18)20-14)16-8-5-11-23-16/h2-11H,12H2,1H3. The monoisotopic (exact) mass is 305 g/mol. The summed E-state index contributed by atoms with van der Waals surface area (Å²) < 4.78 is 12.7. The lowest BCUT2D eigenvalue weighted by molar-refractivity contribution is 0.181. The van der Waals surface area contributed by atoms with Crippen LogP contribution in [0.4, 0.5) is 0 Å². The first-order valence-corrected chi connectivity index (χ1v) is 7.33. The van der Waals surface area contributed by atoms with Crippen LogP contribution in [0, 0.1) is 0 Å². The summed E-state index contributed by atoms with van der Waals surface area (Å²) in [6, 6.07) is 15.8. The summed E-state index contributed by atoms with van der Waals surface area (Å²) in [6.07, 6.45) is 3.43. The molecule has 0 amide bonds. The van der Waals surface area contributed by atoms with E-state index < -0.39 is 0 Å². The summed E-state index contributed by atoms with van der Waals surface area (Å²) in [5, 5.41) is 4.70. The van der Waals surface area contributed by atoms with Crippen molar-refractivity contribution in [2.24, 2.45) is 0 Å². The van der Waals surface area contributed by atoms with E-state index in [0.717, 1.165) is 33.9 Å². The van der Waals surface area contributed by atoms with Gasteiger partial charge in [0.2, 0.25) is 0 Å². The summed E-state index contributed by atoms with van der Waals surface area (Å²) >= 11 is 0. The lowest BCUT2D eigenvalue weighted by Gasteiger charge is -2.03. The fourth-order valence-corrected chi connectivity index (χ4v) is 2.74. The normalized spacial score (nSPS) is 11.2. The SMILES string of the molecule is COCc1nn2c(-c3ccco3)ccnc2c1-c1ccccc1. The molecule has 0 atom stereocenters. The predicted octanol–water partition coefficient (Wildman–Crippen LogP) is 3.80. The summed E-state index contributed by atoms with van der Waals surface area (Å²) in [5.74, 6) is 0.753. The van der Waals surface area contributed by atoms with Gasteiger partial charge in [-0.3, -0.25) is 0 Å². The second-order valence-corrected chi connectivity index (χ2v) is 5.16. The average Bonchev–Trinajstić information content (AvgIpc) is 3.23. The number of nitrogens with zero attached hydrogens (tertiary/aromatic N) is 3. The number of ether oxygens (including phenoxy) is 1. The zero-order chi connectivity index (χ0) is 15.6. The lowest BCUT2D eigenvalue weighted by Crippen LogP contribution is -1.95. The molecule has 0 aliphatic heterocycles. The first-order chi connectivity index (χ1) is 11.4. The van der Waals surface area contributed by atoms with Crippen molar-refractivity contribution in [2.45, 2.75) is 6.61 Å². The number of benzene rings is 1. The summed E-state index contributed by atoms with van der Waals surface area (Å²) in [6.45, 7) is 0.422. The minimum absolute atomic E-state index is 0.422. The second kappa shape index (κ2) is 5.70. The van der Waals surface area contributed by atoms with Crippen molar-refractivity contribution in [3.05, 3.63) is 66.7 Å². The van der Waals surface area contributed by atoms with Crippen LogP contribution in [-0.4, -0.2) is 21.7 Å². The Bertz CT molecular complexity index is 928. The Kier molecular flexibility index (Phi) is 3.40. The van der Waals surface area contributed by atoms with E-state index in [-0.39, 0.29) is 0 Å². The van der Waals surface area contributed by atoms with Crippen LogP contribution < -0.4 is 0 Å². The Balaban J connectivity index is 2.02. The molecule has 23 heavy (non-hydrogen) atoms. The molecule has 0 N–H and O–H groups in total. The Morgan fingerprint density at radius 3 is 2.70 bits per heavy atom. The largest absolute Gasteiger partial charge is 0.463 e. The molecule has 3 heterocycles. The van der Waals surface area contributed by atoms with E-state index in [1.54, 1.807) is 19.6 Å². The quantitative estimate of drug-likeness (QED) is 0.575. The van der Waals surface area contributed by atoms with Gasteiger partial charge in [0.15, 0.2) is 11.4 Å². The molecular formula is C18H15N3O2. The number of fused-ring (bicyclic) bond motifs is 1. The van der Waals surface area contributed by atoms with Crippen molar-refractivity contribution >= 4 is 5.65 Å². The van der Waals surface area contributed by atoms with Crippen LogP contribution in [0.2, 0.25) is 0 Å². The molecule has 0 aliphatic rings. The number of hydrogen-bond donors (Lipinski definition) is 0. The smallest absolute Gasteiger partial charge is 0.164 e. The van der Waals surface area contributed by atoms with Gasteiger partial charge in [0.1, 0.15) is 5.69 Å². The number of methoxy groups -OCH3 is 1. The molecule has 0 spiro atoms. The molecule has 1 aromatic carbocycles. The van der Waals surface area contributed by atoms with Crippen LogP contribution in [0.1, 0.15) is 5.69 Å². The van der Waals surface area contributed by atoms with Gasteiger partial charge in [0.25, 0.3) is 0 Å². The third-order valence-corrected chi connectivity index (χ3v) is 3.71. The molecule has 0 aliphatic carbocycles. The molecule has 0 unspecified atom stereocenters. The molecule has 4 rings (SSSR count). The third kappa shape index (κ3) is 2.31. The van der Waals surface area contributed by atoms with Crippen molar-refractivity contribution in [3.63, 3.8) is 0 Å². The summed E-state index contributed by atoms with van der Waals surface area (Å²) in [7, 11) is 1.67. The van der Waals surface area contributed by atoms with Crippen LogP contribution in [0.15, 0.2) is 65.4 Å². The topological polar surface area (TPSA) is 52.6 Å². The molecule has 0 saturated carbocycles. The average molecular weight is 305 g/mol. The number of hydrogen-bond acceptors (Lipinski definition) is 4. The minimum Gasteiger partial charge on any atom is -0.463 e. The zero-order valence-corrected chi connectivity index (χ0v) is 12.6. The van der Waals surface area contributed by atoms with Crippen LogP contribution in [0.5, 0.6) is 0 Å². The summed E-state index contributed by atoms with van der Waals surface area (Å²) in [4.78, 5) is 4.53. The fourth-order valence-electron chi connectivity index (χ4n) is 2.74. The first kappa shape index (κ1) is 13.7. The molecule has 3 aromatic heterocycles. The van der Waals surface area contributed by atoms with E-state index >= 15 is 0 Å². The second-order valence-electron chi connectivity index (χ2n) is 5.16. The predicted molar refractivity (Wildman–Crippen MR) is 86.8 cm³/mol. The zero-order valence-electron chi connectivity index (χ0n) is 12.6. The van der Waals surface area contributed by atoms with E-state index in [1.165, 1.54) is 0 Å². The maximum absolute atomic E-state index is 5.52. The van der Waals surface area contributed by atoms with Crippen molar-refractivity contribution in [3.8, 4) is 22.6 Å². The highest BCUT2D eigenvalue weighted by atomic mass is 16.5. The maximum atomic E-state index is 5.52.